The van der Waals surface area contributed by atoms with Gasteiger partial charge in [-0.15, -0.1) is 0 Å². The first kappa shape index (κ1) is 17.3. The van der Waals surface area contributed by atoms with Gasteiger partial charge >= 0.3 is 0 Å². The topological polar surface area (TPSA) is 69.6 Å². The summed E-state index contributed by atoms with van der Waals surface area (Å²) in [6, 6.07) is 0. The third-order valence-electron chi connectivity index (χ3n) is 7.27. The van der Waals surface area contributed by atoms with Crippen LogP contribution in [-0.2, 0) is 9.59 Å². The smallest absolute Gasteiger partial charge is 0.241 e. The van der Waals surface area contributed by atoms with Crippen LogP contribution in [0.5, 0.6) is 0 Å². The quantitative estimate of drug-likeness (QED) is 0.798. The fraction of sp³-hybridized carbons (Fsp3) is 0.900. The molecule has 140 valence electrons. The number of amides is 2. The number of rotatable bonds is 5. The third-order valence-corrected chi connectivity index (χ3v) is 7.27. The summed E-state index contributed by atoms with van der Waals surface area (Å²) in [5.74, 6) is 2.81. The summed E-state index contributed by atoms with van der Waals surface area (Å²) >= 11 is 0. The molecule has 5 aliphatic rings. The summed E-state index contributed by atoms with van der Waals surface area (Å²) < 4.78 is 0. The molecule has 0 aromatic rings. The molecule has 0 radical (unpaired) electrons. The number of nitrogens with one attached hydrogen (secondary N) is 1. The Hall–Kier alpha value is -1.10. The monoisotopic (exact) mass is 348 g/mol. The highest BCUT2D eigenvalue weighted by Crippen LogP contribution is 2.61. The lowest BCUT2D eigenvalue weighted by atomic mass is 9.49. The number of likely N-dealkylation sites (tertiary alicyclic amines) is 1. The summed E-state index contributed by atoms with van der Waals surface area (Å²) in [7, 11) is 0. The zero-order valence-electron chi connectivity index (χ0n) is 15.2. The second kappa shape index (κ2) is 6.90. The van der Waals surface area contributed by atoms with Crippen LogP contribution in [0.25, 0.3) is 0 Å². The van der Waals surface area contributed by atoms with Crippen LogP contribution in [0.4, 0.5) is 0 Å². The lowest BCUT2D eigenvalue weighted by Crippen LogP contribution is -2.49. The van der Waals surface area contributed by atoms with E-state index in [0.717, 1.165) is 37.1 Å². The number of carbonyl (C=O) groups excluding carboxylic acids is 2. The molecule has 5 fully saturated rings. The van der Waals surface area contributed by atoms with E-state index in [0.29, 0.717) is 13.0 Å². The number of aliphatic hydroxyl groups excluding tert-OH is 1. The number of carbonyl (C=O) groups is 2. The third kappa shape index (κ3) is 3.71. The van der Waals surface area contributed by atoms with Gasteiger partial charge in [0.15, 0.2) is 0 Å². The maximum Gasteiger partial charge on any atom is 0.241 e. The van der Waals surface area contributed by atoms with Crippen molar-refractivity contribution in [2.45, 2.75) is 57.8 Å². The number of piperidine rings is 1. The maximum absolute atomic E-state index is 12.5. The molecule has 2 N–H and O–H groups in total. The highest BCUT2D eigenvalue weighted by atomic mass is 16.3. The first-order chi connectivity index (χ1) is 12.0. The molecule has 1 saturated heterocycles. The number of aliphatic hydroxyl groups is 1. The minimum Gasteiger partial charge on any atom is -0.396 e. The predicted molar refractivity (Wildman–Crippen MR) is 94.6 cm³/mol. The van der Waals surface area contributed by atoms with Crippen LogP contribution in [0.1, 0.15) is 57.8 Å². The van der Waals surface area contributed by atoms with Crippen LogP contribution in [0.3, 0.4) is 0 Å². The Balaban J connectivity index is 1.26. The van der Waals surface area contributed by atoms with Crippen LogP contribution in [0.2, 0.25) is 0 Å². The molecule has 1 atom stereocenters. The normalized spacial score (nSPS) is 39.5. The number of hydrogen-bond acceptors (Lipinski definition) is 3. The standard InChI is InChI=1S/C20H32N2O3/c23-13-14-2-1-3-22(12-14)19(25)11-21-18(24)10-20-7-15-4-16(8-20)6-17(5-15)9-20/h14-17,23H,1-13H2,(H,21,24). The van der Waals surface area contributed by atoms with E-state index in [4.69, 9.17) is 0 Å². The van der Waals surface area contributed by atoms with Gasteiger partial charge in [0.05, 0.1) is 6.54 Å². The van der Waals surface area contributed by atoms with E-state index in [1.54, 1.807) is 4.90 Å². The molecule has 4 saturated carbocycles. The second-order valence-corrected chi connectivity index (χ2v) is 9.40. The lowest BCUT2D eigenvalue weighted by Gasteiger charge is -2.56. The zero-order chi connectivity index (χ0) is 17.4. The van der Waals surface area contributed by atoms with Gasteiger partial charge in [-0.05, 0) is 80.5 Å². The Morgan fingerprint density at radius 2 is 1.72 bits per heavy atom. The van der Waals surface area contributed by atoms with E-state index >= 15 is 0 Å². The predicted octanol–water partition coefficient (Wildman–Crippen LogP) is 1.94. The Morgan fingerprint density at radius 1 is 1.08 bits per heavy atom. The molecule has 0 aromatic heterocycles. The molecule has 0 aromatic carbocycles. The molecule has 25 heavy (non-hydrogen) atoms. The number of nitrogens with zero attached hydrogens (tertiary/aromatic N) is 1. The minimum atomic E-state index is -0.00277. The van der Waals surface area contributed by atoms with Gasteiger partial charge in [-0.3, -0.25) is 9.59 Å². The molecule has 5 nitrogen and oxygen atoms in total. The minimum absolute atomic E-state index is 0.00277. The van der Waals surface area contributed by atoms with Crippen molar-refractivity contribution in [3.63, 3.8) is 0 Å². The summed E-state index contributed by atoms with van der Waals surface area (Å²) in [6.07, 6.45) is 10.4. The van der Waals surface area contributed by atoms with Crippen molar-refractivity contribution < 1.29 is 14.7 Å². The molecule has 1 heterocycles. The van der Waals surface area contributed by atoms with E-state index < -0.39 is 0 Å². The van der Waals surface area contributed by atoms with Gasteiger partial charge in [0.1, 0.15) is 0 Å². The Kier molecular flexibility index (Phi) is 4.78. The molecular weight excluding hydrogens is 316 g/mol. The van der Waals surface area contributed by atoms with Crippen LogP contribution in [0, 0.1) is 29.1 Å². The van der Waals surface area contributed by atoms with Crippen molar-refractivity contribution in [1.29, 1.82) is 0 Å². The lowest BCUT2D eigenvalue weighted by molar-refractivity contribution is -0.136. The zero-order valence-corrected chi connectivity index (χ0v) is 15.2. The Labute approximate surface area is 150 Å². The second-order valence-electron chi connectivity index (χ2n) is 9.40. The molecule has 4 aliphatic carbocycles. The fourth-order valence-electron chi connectivity index (χ4n) is 6.64. The Bertz CT molecular complexity index is 498. The van der Waals surface area contributed by atoms with Crippen molar-refractivity contribution in [3.05, 3.63) is 0 Å². The van der Waals surface area contributed by atoms with Crippen molar-refractivity contribution >= 4 is 11.8 Å². The van der Waals surface area contributed by atoms with Crippen LogP contribution in [-0.4, -0.2) is 48.1 Å². The SMILES string of the molecule is O=C(CC12CC3CC(CC(C3)C1)C2)NCC(=O)N1CCCC(CO)C1. The molecule has 4 bridgehead atoms. The average Bonchev–Trinajstić information content (AvgIpc) is 2.58. The molecular formula is C20H32N2O3. The molecule has 2 amide bonds. The highest BCUT2D eigenvalue weighted by molar-refractivity contribution is 5.85. The van der Waals surface area contributed by atoms with Gasteiger partial charge in [0, 0.05) is 26.1 Å². The summed E-state index contributed by atoms with van der Waals surface area (Å²) in [6.45, 7) is 1.63. The van der Waals surface area contributed by atoms with E-state index in [2.05, 4.69) is 5.32 Å². The van der Waals surface area contributed by atoms with Gasteiger partial charge in [-0.25, -0.2) is 0 Å². The van der Waals surface area contributed by atoms with Gasteiger partial charge in [0.25, 0.3) is 0 Å². The summed E-state index contributed by atoms with van der Waals surface area (Å²) in [5.41, 5.74) is 0.231. The first-order valence-electron chi connectivity index (χ1n) is 10.2. The van der Waals surface area contributed by atoms with E-state index in [1.807, 2.05) is 0 Å². The van der Waals surface area contributed by atoms with Crippen LogP contribution >= 0.6 is 0 Å². The van der Waals surface area contributed by atoms with E-state index in [1.165, 1.54) is 38.5 Å². The van der Waals surface area contributed by atoms with Crippen LogP contribution in [0.15, 0.2) is 0 Å². The summed E-state index contributed by atoms with van der Waals surface area (Å²) in [4.78, 5) is 26.7. The molecule has 1 unspecified atom stereocenters. The summed E-state index contributed by atoms with van der Waals surface area (Å²) in [5, 5.41) is 12.2. The Morgan fingerprint density at radius 3 is 2.32 bits per heavy atom. The van der Waals surface area contributed by atoms with Gasteiger partial charge in [-0.2, -0.15) is 0 Å². The number of hydrogen-bond donors (Lipinski definition) is 2. The van der Waals surface area contributed by atoms with Gasteiger partial charge in [0.2, 0.25) is 11.8 Å². The van der Waals surface area contributed by atoms with Crippen molar-refractivity contribution in [2.75, 3.05) is 26.2 Å². The highest BCUT2D eigenvalue weighted by Gasteiger charge is 2.51. The molecule has 5 rings (SSSR count). The maximum atomic E-state index is 12.5. The molecule has 0 spiro atoms. The van der Waals surface area contributed by atoms with E-state index in [9.17, 15) is 14.7 Å². The van der Waals surface area contributed by atoms with Crippen molar-refractivity contribution in [2.24, 2.45) is 29.1 Å². The van der Waals surface area contributed by atoms with Crippen molar-refractivity contribution in [1.82, 2.24) is 10.2 Å². The first-order valence-corrected chi connectivity index (χ1v) is 10.2. The molecule has 1 aliphatic heterocycles. The van der Waals surface area contributed by atoms with Gasteiger partial charge in [-0.1, -0.05) is 0 Å². The molecule has 5 heteroatoms. The fourth-order valence-corrected chi connectivity index (χ4v) is 6.64. The largest absolute Gasteiger partial charge is 0.396 e. The average molecular weight is 348 g/mol. The van der Waals surface area contributed by atoms with E-state index in [-0.39, 0.29) is 36.3 Å². The van der Waals surface area contributed by atoms with Gasteiger partial charge < -0.3 is 15.3 Å². The van der Waals surface area contributed by atoms with Crippen LogP contribution < -0.4 is 5.32 Å². The van der Waals surface area contributed by atoms with Crippen molar-refractivity contribution in [3.8, 4) is 0 Å².